The molecule has 0 bridgehead atoms. The van der Waals surface area contributed by atoms with E-state index in [1.807, 2.05) is 18.2 Å². The standard InChI is InChI=1S/C61H37N5/c1-2-17-41(18-3-1)59-62-60(64-61(63-59)49-26-14-20-39-15-4-7-21-46(39)49)43-30-29-38-31-33-45(36-44(38)35-43)65-52-27-12-11-25-51(52)57-55(65)37-42-19-6-9-23-48(42)58(57)66-53-28-13-10-24-50(53)56-47-22-8-5-16-40(47)32-34-54(56)66/h1-37H. The molecule has 0 aliphatic heterocycles. The second kappa shape index (κ2) is 14.3. The Morgan fingerprint density at radius 3 is 1.65 bits per heavy atom. The first-order chi connectivity index (χ1) is 32.7. The van der Waals surface area contributed by atoms with E-state index in [0.29, 0.717) is 17.5 Å². The van der Waals surface area contributed by atoms with Crippen molar-refractivity contribution in [3.63, 3.8) is 0 Å². The normalized spacial score (nSPS) is 11.9. The highest BCUT2D eigenvalue weighted by Gasteiger charge is 2.23. The van der Waals surface area contributed by atoms with Gasteiger partial charge in [0, 0.05) is 49.3 Å². The lowest BCUT2D eigenvalue weighted by molar-refractivity contribution is 1.08. The van der Waals surface area contributed by atoms with Crippen LogP contribution in [0.1, 0.15) is 0 Å². The van der Waals surface area contributed by atoms with Gasteiger partial charge >= 0.3 is 0 Å². The number of fused-ring (bicyclic) bond motifs is 11. The Kier molecular flexibility index (Phi) is 7.91. The lowest BCUT2D eigenvalue weighted by Crippen LogP contribution is -2.00. The molecule has 0 aliphatic carbocycles. The quantitative estimate of drug-likeness (QED) is 0.173. The molecule has 3 heterocycles. The van der Waals surface area contributed by atoms with Gasteiger partial charge in [-0.3, -0.25) is 0 Å². The van der Waals surface area contributed by atoms with Crippen molar-refractivity contribution < 1.29 is 0 Å². The van der Waals surface area contributed by atoms with Crippen LogP contribution in [0.25, 0.3) is 132 Å². The van der Waals surface area contributed by atoms with Gasteiger partial charge in [0.1, 0.15) is 0 Å². The van der Waals surface area contributed by atoms with Crippen LogP contribution in [-0.4, -0.2) is 24.1 Å². The molecule has 0 spiro atoms. The number of benzene rings is 11. The number of aromatic nitrogens is 5. The molecule has 66 heavy (non-hydrogen) atoms. The lowest BCUT2D eigenvalue weighted by atomic mass is 10.0. The zero-order chi connectivity index (χ0) is 43.3. The summed E-state index contributed by atoms with van der Waals surface area (Å²) in [7, 11) is 0. The van der Waals surface area contributed by atoms with Gasteiger partial charge in [0.05, 0.1) is 27.8 Å². The van der Waals surface area contributed by atoms with Crippen molar-refractivity contribution in [1.29, 1.82) is 0 Å². The Balaban J connectivity index is 1.01. The van der Waals surface area contributed by atoms with E-state index in [-0.39, 0.29) is 0 Å². The fraction of sp³-hybridized carbons (Fsp3) is 0. The molecule has 5 nitrogen and oxygen atoms in total. The second-order valence-electron chi connectivity index (χ2n) is 17.2. The summed E-state index contributed by atoms with van der Waals surface area (Å²) in [4.78, 5) is 15.4. The highest BCUT2D eigenvalue weighted by atomic mass is 15.0. The van der Waals surface area contributed by atoms with Gasteiger partial charge in [0.2, 0.25) is 0 Å². The fourth-order valence-electron chi connectivity index (χ4n) is 10.5. The van der Waals surface area contributed by atoms with Crippen molar-refractivity contribution >= 4 is 86.7 Å². The fourth-order valence-corrected chi connectivity index (χ4v) is 10.5. The monoisotopic (exact) mass is 839 g/mol. The van der Waals surface area contributed by atoms with Gasteiger partial charge in [-0.05, 0) is 80.2 Å². The van der Waals surface area contributed by atoms with E-state index in [2.05, 4.69) is 215 Å². The van der Waals surface area contributed by atoms with Crippen LogP contribution in [0.5, 0.6) is 0 Å². The van der Waals surface area contributed by atoms with Gasteiger partial charge < -0.3 is 9.13 Å². The highest BCUT2D eigenvalue weighted by molar-refractivity contribution is 6.25. The molecule has 0 atom stereocenters. The van der Waals surface area contributed by atoms with Crippen molar-refractivity contribution in [1.82, 2.24) is 24.1 Å². The van der Waals surface area contributed by atoms with E-state index in [1.165, 1.54) is 59.8 Å². The van der Waals surface area contributed by atoms with Gasteiger partial charge in [0.15, 0.2) is 17.5 Å². The van der Waals surface area contributed by atoms with Crippen LogP contribution < -0.4 is 0 Å². The van der Waals surface area contributed by atoms with Crippen LogP contribution in [0.2, 0.25) is 0 Å². The Labute approximate surface area is 379 Å². The third kappa shape index (κ3) is 5.50. The minimum absolute atomic E-state index is 0.631. The maximum Gasteiger partial charge on any atom is 0.164 e. The van der Waals surface area contributed by atoms with Crippen molar-refractivity contribution in [3.8, 4) is 45.5 Å². The highest BCUT2D eigenvalue weighted by Crippen LogP contribution is 2.45. The summed E-state index contributed by atoms with van der Waals surface area (Å²) in [5, 5.41) is 14.3. The van der Waals surface area contributed by atoms with E-state index in [1.54, 1.807) is 0 Å². The summed E-state index contributed by atoms with van der Waals surface area (Å²) in [6, 6.07) is 80.6. The van der Waals surface area contributed by atoms with E-state index in [4.69, 9.17) is 15.0 Å². The van der Waals surface area contributed by atoms with Crippen molar-refractivity contribution in [2.24, 2.45) is 0 Å². The van der Waals surface area contributed by atoms with Crippen LogP contribution in [0, 0.1) is 0 Å². The predicted octanol–water partition coefficient (Wildman–Crippen LogP) is 15.7. The topological polar surface area (TPSA) is 48.5 Å². The first-order valence-electron chi connectivity index (χ1n) is 22.4. The maximum absolute atomic E-state index is 5.20. The largest absolute Gasteiger partial charge is 0.309 e. The smallest absolute Gasteiger partial charge is 0.164 e. The van der Waals surface area contributed by atoms with Crippen molar-refractivity contribution in [2.45, 2.75) is 0 Å². The van der Waals surface area contributed by atoms with E-state index in [9.17, 15) is 0 Å². The molecular weight excluding hydrogens is 803 g/mol. The lowest BCUT2D eigenvalue weighted by Gasteiger charge is -2.16. The summed E-state index contributed by atoms with van der Waals surface area (Å²) in [5.74, 6) is 1.92. The van der Waals surface area contributed by atoms with E-state index in [0.717, 1.165) is 55.0 Å². The third-order valence-corrected chi connectivity index (χ3v) is 13.5. The van der Waals surface area contributed by atoms with Crippen molar-refractivity contribution in [2.75, 3.05) is 0 Å². The maximum atomic E-state index is 5.20. The zero-order valence-corrected chi connectivity index (χ0v) is 35.6. The molecule has 306 valence electrons. The van der Waals surface area contributed by atoms with Gasteiger partial charge in [-0.25, -0.2) is 15.0 Å². The summed E-state index contributed by atoms with van der Waals surface area (Å²) in [6.45, 7) is 0. The minimum atomic E-state index is 0.631. The summed E-state index contributed by atoms with van der Waals surface area (Å²) >= 11 is 0. The molecule has 0 saturated carbocycles. The van der Waals surface area contributed by atoms with Crippen LogP contribution in [0.15, 0.2) is 224 Å². The second-order valence-corrected chi connectivity index (χ2v) is 17.2. The Hall–Kier alpha value is -8.93. The molecule has 14 aromatic rings. The number of hydrogen-bond donors (Lipinski definition) is 0. The summed E-state index contributed by atoms with van der Waals surface area (Å²) in [6.07, 6.45) is 0. The SMILES string of the molecule is c1ccc(-c2nc(-c3ccc4ccc(-n5c6ccccc6c6c(-n7c8ccccc8c8c9ccccc9ccc87)c7ccccc7cc65)cc4c3)nc(-c3cccc4ccccc34)n2)cc1. The van der Waals surface area contributed by atoms with Gasteiger partial charge in [0.25, 0.3) is 0 Å². The number of nitrogens with zero attached hydrogens (tertiary/aromatic N) is 5. The van der Waals surface area contributed by atoms with Gasteiger partial charge in [-0.15, -0.1) is 0 Å². The Morgan fingerprint density at radius 2 is 0.848 bits per heavy atom. The number of rotatable bonds is 5. The molecule has 0 fully saturated rings. The molecule has 5 heteroatoms. The van der Waals surface area contributed by atoms with Crippen molar-refractivity contribution in [3.05, 3.63) is 224 Å². The summed E-state index contributed by atoms with van der Waals surface area (Å²) in [5.41, 5.74) is 9.80. The molecule has 0 radical (unpaired) electrons. The van der Waals surface area contributed by atoms with Gasteiger partial charge in [-0.1, -0.05) is 182 Å². The number of para-hydroxylation sites is 2. The molecule has 11 aromatic carbocycles. The molecule has 3 aromatic heterocycles. The molecule has 0 amide bonds. The van der Waals surface area contributed by atoms with Gasteiger partial charge in [-0.2, -0.15) is 0 Å². The van der Waals surface area contributed by atoms with Crippen LogP contribution in [0.4, 0.5) is 0 Å². The third-order valence-electron chi connectivity index (χ3n) is 13.5. The molecular formula is C61H37N5. The Bertz CT molecular complexity index is 4290. The molecule has 0 unspecified atom stereocenters. The Morgan fingerprint density at radius 1 is 0.273 bits per heavy atom. The average Bonchev–Trinajstić information content (AvgIpc) is 3.90. The molecule has 0 saturated heterocycles. The molecule has 14 rings (SSSR count). The molecule has 0 N–H and O–H groups in total. The first kappa shape index (κ1) is 36.5. The van der Waals surface area contributed by atoms with E-state index < -0.39 is 0 Å². The number of hydrogen-bond acceptors (Lipinski definition) is 3. The molecule has 0 aliphatic rings. The first-order valence-corrected chi connectivity index (χ1v) is 22.4. The zero-order valence-electron chi connectivity index (χ0n) is 35.6. The van der Waals surface area contributed by atoms with E-state index >= 15 is 0 Å². The summed E-state index contributed by atoms with van der Waals surface area (Å²) < 4.78 is 4.97. The predicted molar refractivity (Wildman–Crippen MR) is 275 cm³/mol. The minimum Gasteiger partial charge on any atom is -0.309 e. The van der Waals surface area contributed by atoms with Crippen LogP contribution in [-0.2, 0) is 0 Å². The van der Waals surface area contributed by atoms with Crippen LogP contribution in [0.3, 0.4) is 0 Å². The van der Waals surface area contributed by atoms with Crippen LogP contribution >= 0.6 is 0 Å². The average molecular weight is 840 g/mol.